The Morgan fingerprint density at radius 2 is 1.56 bits per heavy atom. The summed E-state index contributed by atoms with van der Waals surface area (Å²) in [6, 6.07) is 22.3. The van der Waals surface area contributed by atoms with E-state index in [1.54, 1.807) is 23.1 Å². The van der Waals surface area contributed by atoms with Crippen molar-refractivity contribution in [1.82, 2.24) is 10.2 Å². The average molecular weight is 481 g/mol. The third-order valence-electron chi connectivity index (χ3n) is 5.53. The number of rotatable bonds is 10. The molecule has 1 N–H and O–H groups in total. The van der Waals surface area contributed by atoms with Crippen molar-refractivity contribution in [1.29, 1.82) is 0 Å². The molecule has 0 saturated heterocycles. The van der Waals surface area contributed by atoms with Gasteiger partial charge in [0.2, 0.25) is 11.8 Å². The van der Waals surface area contributed by atoms with E-state index in [1.165, 1.54) is 12.1 Å². The fourth-order valence-electron chi connectivity index (χ4n) is 3.81. The molecule has 3 aromatic carbocycles. The predicted octanol–water partition coefficient (Wildman–Crippen LogP) is 5.58. The lowest BCUT2D eigenvalue weighted by Crippen LogP contribution is -2.51. The highest BCUT2D eigenvalue weighted by Crippen LogP contribution is 2.20. The summed E-state index contributed by atoms with van der Waals surface area (Å²) < 4.78 is 13.5. The zero-order chi connectivity index (χ0) is 24.5. The number of hydrogen-bond acceptors (Lipinski definition) is 2. The summed E-state index contributed by atoms with van der Waals surface area (Å²) in [5.74, 6) is -0.727. The van der Waals surface area contributed by atoms with Gasteiger partial charge in [0, 0.05) is 30.5 Å². The number of amides is 2. The van der Waals surface area contributed by atoms with E-state index in [-0.39, 0.29) is 36.6 Å². The van der Waals surface area contributed by atoms with Crippen LogP contribution in [0.4, 0.5) is 4.39 Å². The lowest BCUT2D eigenvalue weighted by Gasteiger charge is -2.32. The molecule has 4 nitrogen and oxygen atoms in total. The Hall–Kier alpha value is -3.18. The first-order chi connectivity index (χ1) is 16.3. The van der Waals surface area contributed by atoms with Crippen molar-refractivity contribution in [3.8, 4) is 0 Å². The highest BCUT2D eigenvalue weighted by Gasteiger charge is 2.30. The van der Waals surface area contributed by atoms with Gasteiger partial charge >= 0.3 is 0 Å². The minimum atomic E-state index is -0.714. The molecule has 2 amide bonds. The summed E-state index contributed by atoms with van der Waals surface area (Å²) in [6.45, 7) is 3.98. The van der Waals surface area contributed by atoms with Crippen LogP contribution < -0.4 is 5.32 Å². The van der Waals surface area contributed by atoms with Gasteiger partial charge in [0.1, 0.15) is 11.9 Å². The third kappa shape index (κ3) is 7.42. The Balaban J connectivity index is 1.91. The van der Waals surface area contributed by atoms with Crippen LogP contribution in [0.5, 0.6) is 0 Å². The van der Waals surface area contributed by atoms with Crippen LogP contribution in [0.15, 0.2) is 78.9 Å². The van der Waals surface area contributed by atoms with Crippen molar-refractivity contribution in [3.05, 3.63) is 106 Å². The van der Waals surface area contributed by atoms with Gasteiger partial charge in [-0.3, -0.25) is 9.59 Å². The lowest BCUT2D eigenvalue weighted by molar-refractivity contribution is -0.141. The quantitative estimate of drug-likeness (QED) is 0.412. The van der Waals surface area contributed by atoms with Crippen molar-refractivity contribution in [3.63, 3.8) is 0 Å². The van der Waals surface area contributed by atoms with Crippen LogP contribution in [0.3, 0.4) is 0 Å². The second-order valence-electron chi connectivity index (χ2n) is 8.61. The van der Waals surface area contributed by atoms with E-state index in [0.29, 0.717) is 17.9 Å². The molecule has 178 valence electrons. The second-order valence-corrected chi connectivity index (χ2v) is 9.02. The number of carbonyl (C=O) groups is 2. The molecule has 3 rings (SSSR count). The highest BCUT2D eigenvalue weighted by atomic mass is 35.5. The number of hydrogen-bond donors (Lipinski definition) is 1. The number of halogens is 2. The lowest BCUT2D eigenvalue weighted by atomic mass is 10.0. The number of nitrogens with one attached hydrogen (secondary N) is 1. The predicted molar refractivity (Wildman–Crippen MR) is 134 cm³/mol. The van der Waals surface area contributed by atoms with E-state index in [0.717, 1.165) is 16.7 Å². The summed E-state index contributed by atoms with van der Waals surface area (Å²) in [7, 11) is 0. The third-order valence-corrected chi connectivity index (χ3v) is 5.90. The fourth-order valence-corrected chi connectivity index (χ4v) is 4.04. The van der Waals surface area contributed by atoms with E-state index in [9.17, 15) is 14.0 Å². The summed E-state index contributed by atoms with van der Waals surface area (Å²) in [5.41, 5.74) is 2.59. The summed E-state index contributed by atoms with van der Waals surface area (Å²) in [4.78, 5) is 28.4. The number of carbonyl (C=O) groups excluding carboxylic acids is 2. The van der Waals surface area contributed by atoms with Crippen LogP contribution in [0.2, 0.25) is 5.02 Å². The van der Waals surface area contributed by atoms with Crippen molar-refractivity contribution >= 4 is 23.4 Å². The van der Waals surface area contributed by atoms with Crippen LogP contribution in [0.25, 0.3) is 0 Å². The van der Waals surface area contributed by atoms with Crippen LogP contribution in [0, 0.1) is 5.82 Å². The minimum Gasteiger partial charge on any atom is -0.352 e. The standard InChI is InChI=1S/C28H30ClFN2O2/c1-20(2)31-28(34)26(18-21-8-4-3-5-9-21)32(19-22-12-15-24(30)16-13-22)27(33)17-14-23-10-6-7-11-25(23)29/h3-13,15-16,20,26H,14,17-19H2,1-2H3,(H,31,34). The smallest absolute Gasteiger partial charge is 0.243 e. The summed E-state index contributed by atoms with van der Waals surface area (Å²) >= 11 is 6.28. The molecule has 0 saturated carbocycles. The molecule has 0 spiro atoms. The molecular formula is C28H30ClFN2O2. The molecule has 6 heteroatoms. The van der Waals surface area contributed by atoms with Crippen LogP contribution in [-0.4, -0.2) is 28.8 Å². The largest absolute Gasteiger partial charge is 0.352 e. The molecular weight excluding hydrogens is 451 g/mol. The topological polar surface area (TPSA) is 49.4 Å². The maximum absolute atomic E-state index is 13.5. The van der Waals surface area contributed by atoms with E-state index >= 15 is 0 Å². The Bertz CT molecular complexity index is 1090. The van der Waals surface area contributed by atoms with Crippen LogP contribution >= 0.6 is 11.6 Å². The first kappa shape index (κ1) is 25.4. The molecule has 34 heavy (non-hydrogen) atoms. The maximum atomic E-state index is 13.5. The first-order valence-corrected chi connectivity index (χ1v) is 11.8. The molecule has 1 unspecified atom stereocenters. The zero-order valence-electron chi connectivity index (χ0n) is 19.5. The molecule has 3 aromatic rings. The van der Waals surface area contributed by atoms with Gasteiger partial charge in [-0.2, -0.15) is 0 Å². The van der Waals surface area contributed by atoms with Gasteiger partial charge in [-0.1, -0.05) is 72.3 Å². The molecule has 0 aromatic heterocycles. The average Bonchev–Trinajstić information content (AvgIpc) is 2.82. The van der Waals surface area contributed by atoms with Gasteiger partial charge in [-0.05, 0) is 55.2 Å². The molecule has 0 aliphatic rings. The zero-order valence-corrected chi connectivity index (χ0v) is 20.3. The maximum Gasteiger partial charge on any atom is 0.243 e. The van der Waals surface area contributed by atoms with Crippen molar-refractivity contribution in [2.45, 2.75) is 51.7 Å². The van der Waals surface area contributed by atoms with Gasteiger partial charge in [-0.25, -0.2) is 4.39 Å². The van der Waals surface area contributed by atoms with Crippen LogP contribution in [-0.2, 0) is 29.0 Å². The van der Waals surface area contributed by atoms with Crippen molar-refractivity contribution in [2.75, 3.05) is 0 Å². The van der Waals surface area contributed by atoms with E-state index in [1.807, 2.05) is 62.4 Å². The molecule has 0 radical (unpaired) electrons. The van der Waals surface area contributed by atoms with E-state index in [2.05, 4.69) is 5.32 Å². The molecule has 0 aliphatic heterocycles. The normalized spacial score (nSPS) is 11.8. The van der Waals surface area contributed by atoms with E-state index in [4.69, 9.17) is 11.6 Å². The monoisotopic (exact) mass is 480 g/mol. The molecule has 0 heterocycles. The SMILES string of the molecule is CC(C)NC(=O)C(Cc1ccccc1)N(Cc1ccc(F)cc1)C(=O)CCc1ccccc1Cl. The Morgan fingerprint density at radius 3 is 2.21 bits per heavy atom. The number of benzene rings is 3. The van der Waals surface area contributed by atoms with Gasteiger partial charge in [0.05, 0.1) is 0 Å². The fraction of sp³-hybridized carbons (Fsp3) is 0.286. The Morgan fingerprint density at radius 1 is 0.912 bits per heavy atom. The van der Waals surface area contributed by atoms with Gasteiger partial charge in [-0.15, -0.1) is 0 Å². The molecule has 1 atom stereocenters. The van der Waals surface area contributed by atoms with Crippen molar-refractivity contribution < 1.29 is 14.0 Å². The first-order valence-electron chi connectivity index (χ1n) is 11.4. The molecule has 0 fully saturated rings. The number of aryl methyl sites for hydroxylation is 1. The molecule has 0 aliphatic carbocycles. The Kier molecular flexibility index (Phi) is 9.23. The highest BCUT2D eigenvalue weighted by molar-refractivity contribution is 6.31. The van der Waals surface area contributed by atoms with Gasteiger partial charge in [0.25, 0.3) is 0 Å². The summed E-state index contributed by atoms with van der Waals surface area (Å²) in [5, 5.41) is 3.57. The van der Waals surface area contributed by atoms with E-state index < -0.39 is 6.04 Å². The second kappa shape index (κ2) is 12.3. The van der Waals surface area contributed by atoms with Gasteiger partial charge in [0.15, 0.2) is 0 Å². The molecule has 0 bridgehead atoms. The van der Waals surface area contributed by atoms with Crippen LogP contribution in [0.1, 0.15) is 37.0 Å². The summed E-state index contributed by atoms with van der Waals surface area (Å²) in [6.07, 6.45) is 1.03. The Labute approximate surface area is 205 Å². The van der Waals surface area contributed by atoms with Gasteiger partial charge < -0.3 is 10.2 Å². The van der Waals surface area contributed by atoms with Crippen molar-refractivity contribution in [2.24, 2.45) is 0 Å². The minimum absolute atomic E-state index is 0.0725. The number of nitrogens with zero attached hydrogens (tertiary/aromatic N) is 1.